The molecule has 1 heteroatoms. The van der Waals surface area contributed by atoms with Crippen molar-refractivity contribution in [3.05, 3.63) is 11.6 Å². The van der Waals surface area contributed by atoms with Crippen LogP contribution >= 0.6 is 0 Å². The third-order valence-electron chi connectivity index (χ3n) is 4.26. The second-order valence-electron chi connectivity index (χ2n) is 5.77. The van der Waals surface area contributed by atoms with Gasteiger partial charge in [-0.05, 0) is 51.0 Å². The fourth-order valence-corrected chi connectivity index (χ4v) is 3.12. The molecule has 0 aromatic heterocycles. The molecule has 0 saturated heterocycles. The lowest BCUT2D eigenvalue weighted by molar-refractivity contribution is 0.340. The molecule has 106 valence electrons. The number of allylic oxidation sites excluding steroid dienone is 1. The Hall–Kier alpha value is -0.300. The maximum absolute atomic E-state index is 3.83. The molecule has 1 aliphatic carbocycles. The average Bonchev–Trinajstić information content (AvgIpc) is 2.43. The lowest BCUT2D eigenvalue weighted by atomic mass is 9.82. The largest absolute Gasteiger partial charge is 0.310 e. The van der Waals surface area contributed by atoms with Gasteiger partial charge in [-0.15, -0.1) is 0 Å². The van der Waals surface area contributed by atoms with Crippen molar-refractivity contribution in [1.29, 1.82) is 0 Å². The molecule has 0 fully saturated rings. The summed E-state index contributed by atoms with van der Waals surface area (Å²) in [5, 5.41) is 3.83. The molecule has 0 aromatic carbocycles. The molecule has 0 saturated carbocycles. The second kappa shape index (κ2) is 9.61. The third-order valence-corrected chi connectivity index (χ3v) is 4.26. The van der Waals surface area contributed by atoms with Gasteiger partial charge in [0.25, 0.3) is 0 Å². The first kappa shape index (κ1) is 15.8. The van der Waals surface area contributed by atoms with Crippen LogP contribution in [-0.4, -0.2) is 12.6 Å². The minimum absolute atomic E-state index is 0.668. The van der Waals surface area contributed by atoms with Crippen LogP contribution < -0.4 is 5.32 Å². The number of unbranched alkanes of at least 4 members (excludes halogenated alkanes) is 1. The molecule has 0 spiro atoms. The van der Waals surface area contributed by atoms with Gasteiger partial charge in [-0.3, -0.25) is 0 Å². The van der Waals surface area contributed by atoms with Crippen LogP contribution in [0.15, 0.2) is 11.6 Å². The van der Waals surface area contributed by atoms with Crippen molar-refractivity contribution in [1.82, 2.24) is 5.32 Å². The van der Waals surface area contributed by atoms with E-state index in [1.807, 2.05) is 0 Å². The quantitative estimate of drug-likeness (QED) is 0.564. The van der Waals surface area contributed by atoms with Gasteiger partial charge < -0.3 is 5.32 Å². The van der Waals surface area contributed by atoms with Crippen molar-refractivity contribution >= 4 is 0 Å². The maximum atomic E-state index is 3.83. The first-order chi connectivity index (χ1) is 8.83. The zero-order chi connectivity index (χ0) is 13.2. The Morgan fingerprint density at radius 3 is 2.56 bits per heavy atom. The molecule has 1 nitrogen and oxygen atoms in total. The summed E-state index contributed by atoms with van der Waals surface area (Å²) in [5.74, 6) is 0.848. The third kappa shape index (κ3) is 5.14. The van der Waals surface area contributed by atoms with Crippen LogP contribution in [0.4, 0.5) is 0 Å². The van der Waals surface area contributed by atoms with E-state index in [2.05, 4.69) is 32.2 Å². The van der Waals surface area contributed by atoms with Crippen LogP contribution in [0.2, 0.25) is 0 Å². The van der Waals surface area contributed by atoms with E-state index >= 15 is 0 Å². The van der Waals surface area contributed by atoms with Crippen molar-refractivity contribution in [2.24, 2.45) is 5.92 Å². The molecular weight excluding hydrogens is 218 g/mol. The Kier molecular flexibility index (Phi) is 8.41. The lowest BCUT2D eigenvalue weighted by Gasteiger charge is -2.31. The Morgan fingerprint density at radius 1 is 1.17 bits per heavy atom. The summed E-state index contributed by atoms with van der Waals surface area (Å²) in [6, 6.07) is 0.668. The number of nitrogens with one attached hydrogen (secondary N) is 1. The van der Waals surface area contributed by atoms with Gasteiger partial charge in [0.05, 0.1) is 0 Å². The SMILES string of the molecule is CCCCC(CC)C(NCCC)C1=CCCCC1. The summed E-state index contributed by atoms with van der Waals surface area (Å²) < 4.78 is 0. The highest BCUT2D eigenvalue weighted by molar-refractivity contribution is 5.14. The number of rotatable bonds is 9. The Bertz CT molecular complexity index is 232. The molecule has 18 heavy (non-hydrogen) atoms. The smallest absolute Gasteiger partial charge is 0.0307 e. The van der Waals surface area contributed by atoms with Crippen molar-refractivity contribution < 1.29 is 0 Å². The molecule has 1 aliphatic rings. The summed E-state index contributed by atoms with van der Waals surface area (Å²) >= 11 is 0. The van der Waals surface area contributed by atoms with Crippen molar-refractivity contribution in [3.63, 3.8) is 0 Å². The molecule has 0 bridgehead atoms. The highest BCUT2D eigenvalue weighted by Gasteiger charge is 2.23. The van der Waals surface area contributed by atoms with Gasteiger partial charge in [-0.25, -0.2) is 0 Å². The molecule has 1 rings (SSSR count). The summed E-state index contributed by atoms with van der Waals surface area (Å²) in [7, 11) is 0. The topological polar surface area (TPSA) is 12.0 Å². The molecule has 0 aliphatic heterocycles. The highest BCUT2D eigenvalue weighted by atomic mass is 14.9. The molecule has 0 heterocycles. The molecular formula is C17H33N. The van der Waals surface area contributed by atoms with Gasteiger partial charge in [0.2, 0.25) is 0 Å². The van der Waals surface area contributed by atoms with Crippen LogP contribution in [0.1, 0.15) is 78.6 Å². The van der Waals surface area contributed by atoms with Crippen LogP contribution in [0.25, 0.3) is 0 Å². The minimum atomic E-state index is 0.668. The van der Waals surface area contributed by atoms with E-state index < -0.39 is 0 Å². The lowest BCUT2D eigenvalue weighted by Crippen LogP contribution is -2.38. The summed E-state index contributed by atoms with van der Waals surface area (Å²) in [5.41, 5.74) is 1.72. The highest BCUT2D eigenvalue weighted by Crippen LogP contribution is 2.28. The summed E-state index contributed by atoms with van der Waals surface area (Å²) in [4.78, 5) is 0. The van der Waals surface area contributed by atoms with E-state index in [0.717, 1.165) is 5.92 Å². The van der Waals surface area contributed by atoms with Gasteiger partial charge >= 0.3 is 0 Å². The van der Waals surface area contributed by atoms with E-state index in [9.17, 15) is 0 Å². The zero-order valence-corrected chi connectivity index (χ0v) is 12.8. The van der Waals surface area contributed by atoms with Crippen molar-refractivity contribution in [2.45, 2.75) is 84.6 Å². The van der Waals surface area contributed by atoms with E-state index in [1.165, 1.54) is 64.3 Å². The molecule has 1 N–H and O–H groups in total. The van der Waals surface area contributed by atoms with E-state index in [4.69, 9.17) is 0 Å². The Labute approximate surface area is 114 Å². The van der Waals surface area contributed by atoms with Gasteiger partial charge in [0.1, 0.15) is 0 Å². The molecule has 0 radical (unpaired) electrons. The first-order valence-electron chi connectivity index (χ1n) is 8.25. The first-order valence-corrected chi connectivity index (χ1v) is 8.25. The van der Waals surface area contributed by atoms with Gasteiger partial charge in [0.15, 0.2) is 0 Å². The average molecular weight is 251 g/mol. The summed E-state index contributed by atoms with van der Waals surface area (Å²) in [6.07, 6.45) is 14.7. The monoisotopic (exact) mass is 251 g/mol. The normalized spacial score (nSPS) is 19.4. The Balaban J connectivity index is 2.64. The Morgan fingerprint density at radius 2 is 2.00 bits per heavy atom. The van der Waals surface area contributed by atoms with E-state index in [1.54, 1.807) is 5.57 Å². The molecule has 0 amide bonds. The van der Waals surface area contributed by atoms with Gasteiger partial charge in [-0.1, -0.05) is 51.7 Å². The van der Waals surface area contributed by atoms with E-state index in [-0.39, 0.29) is 0 Å². The van der Waals surface area contributed by atoms with Crippen LogP contribution in [0.5, 0.6) is 0 Å². The maximum Gasteiger partial charge on any atom is 0.0307 e. The minimum Gasteiger partial charge on any atom is -0.310 e. The van der Waals surface area contributed by atoms with Crippen molar-refractivity contribution in [3.8, 4) is 0 Å². The molecule has 0 aromatic rings. The second-order valence-corrected chi connectivity index (χ2v) is 5.77. The number of hydrogen-bond acceptors (Lipinski definition) is 1. The summed E-state index contributed by atoms with van der Waals surface area (Å²) in [6.45, 7) is 8.11. The van der Waals surface area contributed by atoms with Crippen LogP contribution in [-0.2, 0) is 0 Å². The van der Waals surface area contributed by atoms with Crippen LogP contribution in [0.3, 0.4) is 0 Å². The number of hydrogen-bond donors (Lipinski definition) is 1. The van der Waals surface area contributed by atoms with Crippen molar-refractivity contribution in [2.75, 3.05) is 6.54 Å². The van der Waals surface area contributed by atoms with E-state index in [0.29, 0.717) is 6.04 Å². The van der Waals surface area contributed by atoms with Gasteiger partial charge in [0, 0.05) is 6.04 Å². The standard InChI is InChI=1S/C17H33N/c1-4-7-11-15(6-3)17(18-14-5-2)16-12-9-8-10-13-16/h12,15,17-18H,4-11,13-14H2,1-3H3. The molecule has 2 unspecified atom stereocenters. The fourth-order valence-electron chi connectivity index (χ4n) is 3.12. The van der Waals surface area contributed by atoms with Crippen LogP contribution in [0, 0.1) is 5.92 Å². The predicted molar refractivity (Wildman–Crippen MR) is 81.9 cm³/mol. The fraction of sp³-hybridized carbons (Fsp3) is 0.882. The predicted octanol–water partition coefficient (Wildman–Crippen LogP) is 5.07. The van der Waals surface area contributed by atoms with Gasteiger partial charge in [-0.2, -0.15) is 0 Å². The zero-order valence-electron chi connectivity index (χ0n) is 12.8. The molecule has 2 atom stereocenters.